The lowest BCUT2D eigenvalue weighted by atomic mass is 9.97. The zero-order valence-electron chi connectivity index (χ0n) is 17.2. The Kier molecular flexibility index (Phi) is 6.30. The highest BCUT2D eigenvalue weighted by molar-refractivity contribution is 5.95. The van der Waals surface area contributed by atoms with Crippen LogP contribution in [0.4, 0.5) is 0 Å². The number of rotatable bonds is 8. The average Bonchev–Trinajstić information content (AvgIpc) is 3.46. The predicted molar refractivity (Wildman–Crippen MR) is 114 cm³/mol. The summed E-state index contributed by atoms with van der Waals surface area (Å²) in [6.07, 6.45) is 2.40. The normalized spacial score (nSPS) is 16.3. The highest BCUT2D eigenvalue weighted by Gasteiger charge is 2.22. The van der Waals surface area contributed by atoms with E-state index in [0.717, 1.165) is 30.8 Å². The summed E-state index contributed by atoms with van der Waals surface area (Å²) >= 11 is 0. The molecule has 0 aromatic heterocycles. The van der Waals surface area contributed by atoms with Gasteiger partial charge in [-0.1, -0.05) is 18.2 Å². The van der Waals surface area contributed by atoms with Crippen LogP contribution in [0.15, 0.2) is 42.5 Å². The molecule has 4 N–H and O–H groups in total. The number of carbonyl (C=O) groups is 2. The molecule has 1 saturated heterocycles. The minimum Gasteiger partial charge on any atom is -0.496 e. The smallest absolute Gasteiger partial charge is 0.251 e. The maximum absolute atomic E-state index is 12.7. The van der Waals surface area contributed by atoms with Crippen LogP contribution in [-0.4, -0.2) is 38.6 Å². The van der Waals surface area contributed by atoms with E-state index in [9.17, 15) is 9.59 Å². The zero-order chi connectivity index (χ0) is 20.9. The van der Waals surface area contributed by atoms with Crippen molar-refractivity contribution in [1.29, 1.82) is 0 Å². The predicted octanol–water partition coefficient (Wildman–Crippen LogP) is 1.96. The molecule has 7 nitrogen and oxygen atoms in total. The van der Waals surface area contributed by atoms with Gasteiger partial charge >= 0.3 is 0 Å². The molecule has 0 atom stereocenters. The van der Waals surface area contributed by atoms with E-state index in [1.807, 2.05) is 30.3 Å². The molecule has 2 aromatic rings. The Balaban J connectivity index is 1.37. The molecule has 1 heterocycles. The number of carbonyl (C=O) groups excluding carboxylic acids is 2. The lowest BCUT2D eigenvalue weighted by molar-refractivity contribution is 0.0945. The number of benzene rings is 2. The SMILES string of the molecule is COc1cc(C(=O)NCc2cccc(C(=O)NCC3CC3)c2)ccc1C1CNNC1. The minimum atomic E-state index is -0.175. The van der Waals surface area contributed by atoms with Crippen molar-refractivity contribution in [3.63, 3.8) is 0 Å². The van der Waals surface area contributed by atoms with Gasteiger partial charge in [-0.15, -0.1) is 0 Å². The van der Waals surface area contributed by atoms with Crippen molar-refractivity contribution in [1.82, 2.24) is 21.5 Å². The van der Waals surface area contributed by atoms with E-state index < -0.39 is 0 Å². The van der Waals surface area contributed by atoms with Crippen LogP contribution in [0.3, 0.4) is 0 Å². The number of nitrogens with one attached hydrogen (secondary N) is 4. The van der Waals surface area contributed by atoms with Gasteiger partial charge in [-0.2, -0.15) is 0 Å². The highest BCUT2D eigenvalue weighted by atomic mass is 16.5. The number of ether oxygens (including phenoxy) is 1. The first-order chi connectivity index (χ1) is 14.6. The van der Waals surface area contributed by atoms with Crippen LogP contribution in [-0.2, 0) is 6.54 Å². The summed E-state index contributed by atoms with van der Waals surface area (Å²) in [5, 5.41) is 5.90. The average molecular weight is 409 g/mol. The molecule has 1 aliphatic carbocycles. The first-order valence-corrected chi connectivity index (χ1v) is 10.4. The Hall–Kier alpha value is -2.90. The molecule has 0 bridgehead atoms. The Bertz CT molecular complexity index is 920. The summed E-state index contributed by atoms with van der Waals surface area (Å²) < 4.78 is 5.52. The summed E-state index contributed by atoms with van der Waals surface area (Å²) in [6, 6.07) is 12.9. The third kappa shape index (κ3) is 4.98. The monoisotopic (exact) mass is 408 g/mol. The van der Waals surface area contributed by atoms with Gasteiger partial charge in [0.25, 0.3) is 11.8 Å². The molecule has 2 amide bonds. The molecule has 158 valence electrons. The number of hydrogen-bond donors (Lipinski definition) is 4. The van der Waals surface area contributed by atoms with Crippen molar-refractivity contribution in [2.75, 3.05) is 26.7 Å². The third-order valence-corrected chi connectivity index (χ3v) is 5.65. The Morgan fingerprint density at radius 3 is 2.47 bits per heavy atom. The van der Waals surface area contributed by atoms with Crippen LogP contribution >= 0.6 is 0 Å². The Labute approximate surface area is 176 Å². The van der Waals surface area contributed by atoms with Gasteiger partial charge in [-0.3, -0.25) is 20.4 Å². The van der Waals surface area contributed by atoms with E-state index in [4.69, 9.17) is 4.74 Å². The molecule has 1 saturated carbocycles. The van der Waals surface area contributed by atoms with Crippen molar-refractivity contribution in [2.24, 2.45) is 5.92 Å². The van der Waals surface area contributed by atoms with Crippen LogP contribution in [0, 0.1) is 5.92 Å². The fourth-order valence-electron chi connectivity index (χ4n) is 3.64. The summed E-state index contributed by atoms with van der Waals surface area (Å²) in [7, 11) is 1.62. The number of amides is 2. The Morgan fingerprint density at radius 2 is 1.73 bits per heavy atom. The fraction of sp³-hybridized carbons (Fsp3) is 0.391. The van der Waals surface area contributed by atoms with Crippen LogP contribution in [0.1, 0.15) is 50.6 Å². The van der Waals surface area contributed by atoms with Gasteiger partial charge in [0.15, 0.2) is 0 Å². The number of hydrogen-bond acceptors (Lipinski definition) is 5. The molecular weight excluding hydrogens is 380 g/mol. The van der Waals surface area contributed by atoms with Gasteiger partial charge in [0, 0.05) is 43.2 Å². The van der Waals surface area contributed by atoms with E-state index in [2.05, 4.69) is 21.5 Å². The van der Waals surface area contributed by atoms with Gasteiger partial charge in [-0.05, 0) is 54.2 Å². The number of hydrazine groups is 1. The van der Waals surface area contributed by atoms with E-state index in [0.29, 0.717) is 35.3 Å². The molecule has 4 rings (SSSR count). The van der Waals surface area contributed by atoms with E-state index >= 15 is 0 Å². The van der Waals surface area contributed by atoms with Crippen LogP contribution in [0.5, 0.6) is 5.75 Å². The van der Waals surface area contributed by atoms with Crippen molar-refractivity contribution in [3.05, 3.63) is 64.7 Å². The summed E-state index contributed by atoms with van der Waals surface area (Å²) in [4.78, 5) is 24.9. The van der Waals surface area contributed by atoms with Crippen LogP contribution in [0.2, 0.25) is 0 Å². The summed E-state index contributed by atoms with van der Waals surface area (Å²) in [5.41, 5.74) is 9.36. The van der Waals surface area contributed by atoms with E-state index in [-0.39, 0.29) is 11.8 Å². The first kappa shape index (κ1) is 20.4. The van der Waals surface area contributed by atoms with Crippen molar-refractivity contribution >= 4 is 11.8 Å². The van der Waals surface area contributed by atoms with Crippen molar-refractivity contribution in [2.45, 2.75) is 25.3 Å². The summed E-state index contributed by atoms with van der Waals surface area (Å²) in [6.45, 7) is 2.74. The maximum atomic E-state index is 12.7. The molecular formula is C23H28N4O3. The second-order valence-electron chi connectivity index (χ2n) is 7.95. The first-order valence-electron chi connectivity index (χ1n) is 10.4. The largest absolute Gasteiger partial charge is 0.496 e. The topological polar surface area (TPSA) is 91.5 Å². The molecule has 2 aromatic carbocycles. The highest BCUT2D eigenvalue weighted by Crippen LogP contribution is 2.29. The van der Waals surface area contributed by atoms with Gasteiger partial charge in [-0.25, -0.2) is 0 Å². The van der Waals surface area contributed by atoms with Crippen LogP contribution < -0.4 is 26.2 Å². The van der Waals surface area contributed by atoms with Crippen LogP contribution in [0.25, 0.3) is 0 Å². The van der Waals surface area contributed by atoms with E-state index in [1.165, 1.54) is 12.8 Å². The molecule has 0 spiro atoms. The third-order valence-electron chi connectivity index (χ3n) is 5.65. The van der Waals surface area contributed by atoms with Gasteiger partial charge < -0.3 is 15.4 Å². The van der Waals surface area contributed by atoms with Gasteiger partial charge in [0.1, 0.15) is 5.75 Å². The number of methoxy groups -OCH3 is 1. The molecule has 2 aliphatic rings. The zero-order valence-corrected chi connectivity index (χ0v) is 17.2. The van der Waals surface area contributed by atoms with E-state index in [1.54, 1.807) is 19.2 Å². The van der Waals surface area contributed by atoms with Gasteiger partial charge in [0.2, 0.25) is 0 Å². The molecule has 30 heavy (non-hydrogen) atoms. The Morgan fingerprint density at radius 1 is 1.00 bits per heavy atom. The van der Waals surface area contributed by atoms with Crippen molar-refractivity contribution in [3.8, 4) is 5.75 Å². The fourth-order valence-corrected chi connectivity index (χ4v) is 3.64. The van der Waals surface area contributed by atoms with Gasteiger partial charge in [0.05, 0.1) is 7.11 Å². The molecule has 7 heteroatoms. The second kappa shape index (κ2) is 9.28. The quantitative estimate of drug-likeness (QED) is 0.536. The van der Waals surface area contributed by atoms with Crippen molar-refractivity contribution < 1.29 is 14.3 Å². The standard InChI is InChI=1S/C23H28N4O3/c1-30-21-10-18(7-8-20(21)19-13-26-27-14-19)23(29)25-12-16-3-2-4-17(9-16)22(28)24-11-15-5-6-15/h2-4,7-10,15,19,26-27H,5-6,11-14H2,1H3,(H,24,28)(H,25,29). The molecule has 2 fully saturated rings. The molecule has 0 unspecified atom stereocenters. The lowest BCUT2D eigenvalue weighted by Gasteiger charge is -2.15. The second-order valence-corrected chi connectivity index (χ2v) is 7.95. The minimum absolute atomic E-state index is 0.0636. The molecule has 0 radical (unpaired) electrons. The molecule has 1 aliphatic heterocycles. The lowest BCUT2D eigenvalue weighted by Crippen LogP contribution is -2.26. The maximum Gasteiger partial charge on any atom is 0.251 e. The summed E-state index contributed by atoms with van der Waals surface area (Å²) in [5.74, 6) is 1.43.